The largest absolute Gasteiger partial charge is 0.373 e. The summed E-state index contributed by atoms with van der Waals surface area (Å²) >= 11 is 0. The second kappa shape index (κ2) is 8.78. The Bertz CT molecular complexity index is 619. The quantitative estimate of drug-likeness (QED) is 0.825. The van der Waals surface area contributed by atoms with Crippen molar-refractivity contribution in [3.8, 4) is 0 Å². The molecule has 23 heavy (non-hydrogen) atoms. The van der Waals surface area contributed by atoms with E-state index in [1.807, 2.05) is 43.4 Å². The maximum absolute atomic E-state index is 13.0. The average molecular weight is 315 g/mol. The molecule has 0 bridgehead atoms. The second-order valence-corrected chi connectivity index (χ2v) is 5.32. The molecule has 0 atom stereocenters. The number of para-hydroxylation sites is 1. The lowest BCUT2D eigenvalue weighted by Gasteiger charge is -2.19. The molecule has 0 unspecified atom stereocenters. The first-order valence-corrected chi connectivity index (χ1v) is 7.67. The van der Waals surface area contributed by atoms with Crippen molar-refractivity contribution in [2.24, 2.45) is 0 Å². The van der Waals surface area contributed by atoms with Gasteiger partial charge in [-0.2, -0.15) is 0 Å². The van der Waals surface area contributed by atoms with Gasteiger partial charge in [0.1, 0.15) is 5.82 Å². The summed E-state index contributed by atoms with van der Waals surface area (Å²) in [4.78, 5) is 13.8. The van der Waals surface area contributed by atoms with Crippen molar-refractivity contribution in [1.29, 1.82) is 0 Å². The molecule has 2 rings (SSSR count). The molecule has 0 aliphatic heterocycles. The number of carbonyl (C=O) groups excluding carboxylic acids is 1. The van der Waals surface area contributed by atoms with Crippen molar-refractivity contribution in [3.05, 3.63) is 66.0 Å². The highest BCUT2D eigenvalue weighted by atomic mass is 19.1. The van der Waals surface area contributed by atoms with Crippen molar-refractivity contribution in [2.45, 2.75) is 6.42 Å². The van der Waals surface area contributed by atoms with E-state index in [1.165, 1.54) is 12.1 Å². The van der Waals surface area contributed by atoms with Crippen molar-refractivity contribution < 1.29 is 9.18 Å². The number of halogens is 1. The van der Waals surface area contributed by atoms with Gasteiger partial charge in [-0.15, -0.1) is 0 Å². The smallest absolute Gasteiger partial charge is 0.314 e. The first kappa shape index (κ1) is 16.8. The predicted octanol–water partition coefficient (Wildman–Crippen LogP) is 2.80. The van der Waals surface area contributed by atoms with E-state index in [0.717, 1.165) is 17.8 Å². The molecule has 0 saturated heterocycles. The Labute approximate surface area is 136 Å². The Hall–Kier alpha value is -2.56. The van der Waals surface area contributed by atoms with E-state index < -0.39 is 0 Å². The highest BCUT2D eigenvalue weighted by Gasteiger charge is 2.03. The van der Waals surface area contributed by atoms with E-state index in [2.05, 4.69) is 15.5 Å². The van der Waals surface area contributed by atoms with E-state index >= 15 is 0 Å². The minimum atomic E-state index is -0.254. The van der Waals surface area contributed by atoms with E-state index in [1.54, 1.807) is 6.07 Å². The number of benzene rings is 2. The minimum absolute atomic E-state index is 0.206. The van der Waals surface area contributed by atoms with Gasteiger partial charge < -0.3 is 15.5 Å². The summed E-state index contributed by atoms with van der Waals surface area (Å²) in [5, 5.41) is 5.59. The normalized spacial score (nSPS) is 10.2. The molecule has 2 N–H and O–H groups in total. The zero-order valence-corrected chi connectivity index (χ0v) is 13.3. The van der Waals surface area contributed by atoms with E-state index in [0.29, 0.717) is 19.5 Å². The fraction of sp³-hybridized carbons (Fsp3) is 0.278. The van der Waals surface area contributed by atoms with Crippen LogP contribution in [-0.4, -0.2) is 32.7 Å². The molecule has 0 spiro atoms. The summed E-state index contributed by atoms with van der Waals surface area (Å²) in [7, 11) is 1.98. The third kappa shape index (κ3) is 5.98. The van der Waals surface area contributed by atoms with Crippen molar-refractivity contribution in [1.82, 2.24) is 10.6 Å². The van der Waals surface area contributed by atoms with E-state index in [9.17, 15) is 9.18 Å². The summed E-state index contributed by atoms with van der Waals surface area (Å²) < 4.78 is 13.0. The van der Waals surface area contributed by atoms with Gasteiger partial charge in [0.05, 0.1) is 0 Å². The minimum Gasteiger partial charge on any atom is -0.373 e. The lowest BCUT2D eigenvalue weighted by atomic mass is 10.1. The van der Waals surface area contributed by atoms with Gasteiger partial charge >= 0.3 is 6.03 Å². The summed E-state index contributed by atoms with van der Waals surface area (Å²) in [6.45, 7) is 1.75. The number of hydrogen-bond donors (Lipinski definition) is 2. The number of likely N-dealkylation sites (N-methyl/N-ethyl adjacent to an activating group) is 1. The average Bonchev–Trinajstić information content (AvgIpc) is 2.55. The van der Waals surface area contributed by atoms with Gasteiger partial charge in [0.25, 0.3) is 0 Å². The SMILES string of the molecule is CN(CCNC(=O)NCCc1cccc(F)c1)c1ccccc1. The van der Waals surface area contributed by atoms with Crippen LogP contribution in [0.1, 0.15) is 5.56 Å². The fourth-order valence-electron chi connectivity index (χ4n) is 2.22. The first-order valence-electron chi connectivity index (χ1n) is 7.67. The molecule has 0 radical (unpaired) electrons. The molecule has 122 valence electrons. The first-order chi connectivity index (χ1) is 11.1. The van der Waals surface area contributed by atoms with Crippen LogP contribution in [-0.2, 0) is 6.42 Å². The molecule has 0 heterocycles. The highest BCUT2D eigenvalue weighted by molar-refractivity contribution is 5.73. The van der Waals surface area contributed by atoms with Crippen LogP contribution in [0.2, 0.25) is 0 Å². The van der Waals surface area contributed by atoms with Crippen LogP contribution in [0.15, 0.2) is 54.6 Å². The Morgan fingerprint density at radius 1 is 1.04 bits per heavy atom. The third-order valence-corrected chi connectivity index (χ3v) is 3.52. The van der Waals surface area contributed by atoms with E-state index in [-0.39, 0.29) is 11.8 Å². The van der Waals surface area contributed by atoms with Gasteiger partial charge in [-0.25, -0.2) is 9.18 Å². The van der Waals surface area contributed by atoms with Crippen LogP contribution in [0, 0.1) is 5.82 Å². The number of urea groups is 1. The number of amides is 2. The molecule has 0 aliphatic rings. The van der Waals surface area contributed by atoms with Crippen LogP contribution in [0.25, 0.3) is 0 Å². The molecular formula is C18H22FN3O. The number of nitrogens with zero attached hydrogens (tertiary/aromatic N) is 1. The van der Waals surface area contributed by atoms with Gasteiger partial charge in [0, 0.05) is 32.4 Å². The maximum Gasteiger partial charge on any atom is 0.314 e. The Morgan fingerprint density at radius 3 is 2.52 bits per heavy atom. The maximum atomic E-state index is 13.0. The summed E-state index contributed by atoms with van der Waals surface area (Å²) in [5.74, 6) is -0.254. The second-order valence-electron chi connectivity index (χ2n) is 5.32. The van der Waals surface area contributed by atoms with Gasteiger partial charge in [-0.05, 0) is 36.2 Å². The standard InChI is InChI=1S/C18H22FN3O/c1-22(17-8-3-2-4-9-17)13-12-21-18(23)20-11-10-15-6-5-7-16(19)14-15/h2-9,14H,10-13H2,1H3,(H2,20,21,23). The Kier molecular flexibility index (Phi) is 6.41. The van der Waals surface area contributed by atoms with Crippen LogP contribution >= 0.6 is 0 Å². The topological polar surface area (TPSA) is 44.4 Å². The number of anilines is 1. The Morgan fingerprint density at radius 2 is 1.78 bits per heavy atom. The lowest BCUT2D eigenvalue weighted by Crippen LogP contribution is -2.40. The molecule has 0 fully saturated rings. The van der Waals surface area contributed by atoms with Gasteiger partial charge in [0.2, 0.25) is 0 Å². The molecule has 0 saturated carbocycles. The van der Waals surface area contributed by atoms with Crippen molar-refractivity contribution in [3.63, 3.8) is 0 Å². The molecule has 2 amide bonds. The van der Waals surface area contributed by atoms with Crippen LogP contribution in [0.4, 0.5) is 14.9 Å². The lowest BCUT2D eigenvalue weighted by molar-refractivity contribution is 0.241. The summed E-state index contributed by atoms with van der Waals surface area (Å²) in [5.41, 5.74) is 1.98. The molecule has 2 aromatic carbocycles. The van der Waals surface area contributed by atoms with Crippen molar-refractivity contribution in [2.75, 3.05) is 31.6 Å². The van der Waals surface area contributed by atoms with Crippen LogP contribution in [0.3, 0.4) is 0 Å². The zero-order valence-electron chi connectivity index (χ0n) is 13.3. The zero-order chi connectivity index (χ0) is 16.5. The molecule has 2 aromatic rings. The van der Waals surface area contributed by atoms with Crippen molar-refractivity contribution >= 4 is 11.7 Å². The molecular weight excluding hydrogens is 293 g/mol. The van der Waals surface area contributed by atoms with Gasteiger partial charge in [0.15, 0.2) is 0 Å². The Balaban J connectivity index is 1.62. The van der Waals surface area contributed by atoms with Crippen LogP contribution in [0.5, 0.6) is 0 Å². The number of nitrogens with one attached hydrogen (secondary N) is 2. The molecule has 0 aliphatic carbocycles. The number of carbonyl (C=O) groups is 1. The van der Waals surface area contributed by atoms with Gasteiger partial charge in [-0.3, -0.25) is 0 Å². The molecule has 4 nitrogen and oxygen atoms in total. The van der Waals surface area contributed by atoms with Crippen LogP contribution < -0.4 is 15.5 Å². The number of rotatable bonds is 7. The number of hydrogen-bond acceptors (Lipinski definition) is 2. The molecule has 0 aromatic heterocycles. The van der Waals surface area contributed by atoms with Gasteiger partial charge in [-0.1, -0.05) is 30.3 Å². The summed E-state index contributed by atoms with van der Waals surface area (Å²) in [6, 6.07) is 16.2. The monoisotopic (exact) mass is 315 g/mol. The highest BCUT2D eigenvalue weighted by Crippen LogP contribution is 2.09. The van der Waals surface area contributed by atoms with E-state index in [4.69, 9.17) is 0 Å². The predicted molar refractivity (Wildman–Crippen MR) is 91.2 cm³/mol. The summed E-state index contributed by atoms with van der Waals surface area (Å²) in [6.07, 6.45) is 0.606. The third-order valence-electron chi connectivity index (χ3n) is 3.52. The fourth-order valence-corrected chi connectivity index (χ4v) is 2.22. The molecule has 5 heteroatoms.